The third kappa shape index (κ3) is 3.07. The largest absolute Gasteiger partial charge is 0.294 e. The Kier molecular flexibility index (Phi) is 4.55. The molecular formula is C10H9BrClFO. The molecule has 1 nitrogen and oxygen atoms in total. The summed E-state index contributed by atoms with van der Waals surface area (Å²) in [6.45, 7) is 0. The van der Waals surface area contributed by atoms with Gasteiger partial charge in [0.15, 0.2) is 5.78 Å². The minimum atomic E-state index is -0.434. The van der Waals surface area contributed by atoms with E-state index in [2.05, 4.69) is 15.9 Å². The summed E-state index contributed by atoms with van der Waals surface area (Å²) in [5, 5.41) is 1.07. The van der Waals surface area contributed by atoms with Crippen molar-refractivity contribution in [2.75, 3.05) is 5.33 Å². The lowest BCUT2D eigenvalue weighted by Gasteiger charge is -2.02. The minimum absolute atomic E-state index is 0.117. The van der Waals surface area contributed by atoms with Crippen LogP contribution in [0.1, 0.15) is 23.2 Å². The molecule has 4 heteroatoms. The van der Waals surface area contributed by atoms with E-state index in [1.54, 1.807) is 0 Å². The third-order valence-electron chi connectivity index (χ3n) is 1.77. The van der Waals surface area contributed by atoms with Crippen molar-refractivity contribution < 1.29 is 9.18 Å². The van der Waals surface area contributed by atoms with Crippen LogP contribution in [-0.2, 0) is 0 Å². The molecule has 0 saturated heterocycles. The summed E-state index contributed by atoms with van der Waals surface area (Å²) in [6, 6.07) is 3.82. The molecule has 0 amide bonds. The molecule has 0 aliphatic heterocycles. The summed E-state index contributed by atoms with van der Waals surface area (Å²) in [5.74, 6) is -0.550. The fourth-order valence-electron chi connectivity index (χ4n) is 1.07. The highest BCUT2D eigenvalue weighted by atomic mass is 79.9. The van der Waals surface area contributed by atoms with E-state index in [0.29, 0.717) is 11.4 Å². The van der Waals surface area contributed by atoms with Gasteiger partial charge in [-0.2, -0.15) is 0 Å². The molecule has 1 rings (SSSR count). The molecular weight excluding hydrogens is 270 g/mol. The molecule has 0 aromatic heterocycles. The van der Waals surface area contributed by atoms with Gasteiger partial charge in [-0.05, 0) is 24.6 Å². The Bertz CT molecular complexity index is 341. The van der Waals surface area contributed by atoms with E-state index in [1.165, 1.54) is 18.2 Å². The summed E-state index contributed by atoms with van der Waals surface area (Å²) >= 11 is 8.99. The van der Waals surface area contributed by atoms with Gasteiger partial charge in [0, 0.05) is 17.3 Å². The molecule has 0 spiro atoms. The van der Waals surface area contributed by atoms with Gasteiger partial charge in [0.05, 0.1) is 5.02 Å². The molecule has 0 saturated carbocycles. The first-order valence-electron chi connectivity index (χ1n) is 4.19. The van der Waals surface area contributed by atoms with Gasteiger partial charge < -0.3 is 0 Å². The first-order valence-corrected chi connectivity index (χ1v) is 5.69. The number of rotatable bonds is 4. The lowest BCUT2D eigenvalue weighted by molar-refractivity contribution is 0.0982. The van der Waals surface area contributed by atoms with E-state index in [0.717, 1.165) is 11.8 Å². The number of hydrogen-bond donors (Lipinski definition) is 0. The molecule has 1 aromatic rings. The van der Waals surface area contributed by atoms with Gasteiger partial charge >= 0.3 is 0 Å². The average Bonchev–Trinajstić information content (AvgIpc) is 2.18. The fourth-order valence-corrected chi connectivity index (χ4v) is 1.58. The highest BCUT2D eigenvalue weighted by Gasteiger charge is 2.10. The van der Waals surface area contributed by atoms with Gasteiger partial charge in [-0.25, -0.2) is 4.39 Å². The average molecular weight is 280 g/mol. The van der Waals surface area contributed by atoms with Gasteiger partial charge in [0.2, 0.25) is 0 Å². The van der Waals surface area contributed by atoms with Crippen LogP contribution < -0.4 is 0 Å². The van der Waals surface area contributed by atoms with E-state index in [1.807, 2.05) is 0 Å². The van der Waals surface area contributed by atoms with Crippen LogP contribution in [0.2, 0.25) is 5.02 Å². The number of alkyl halides is 1. The zero-order chi connectivity index (χ0) is 10.6. The van der Waals surface area contributed by atoms with Crippen LogP contribution in [0, 0.1) is 5.82 Å². The van der Waals surface area contributed by atoms with E-state index in [-0.39, 0.29) is 11.3 Å². The van der Waals surface area contributed by atoms with Crippen molar-refractivity contribution in [2.45, 2.75) is 12.8 Å². The first kappa shape index (κ1) is 11.7. The van der Waals surface area contributed by atoms with E-state index in [4.69, 9.17) is 11.6 Å². The number of ketones is 1. The maximum atomic E-state index is 12.8. The second-order valence-electron chi connectivity index (χ2n) is 2.84. The molecule has 0 unspecified atom stereocenters. The SMILES string of the molecule is O=C(CCCBr)c1cc(F)ccc1Cl. The van der Waals surface area contributed by atoms with Crippen LogP contribution in [0.4, 0.5) is 4.39 Å². The van der Waals surface area contributed by atoms with Crippen LogP contribution in [0.3, 0.4) is 0 Å². The standard InChI is InChI=1S/C10H9BrClFO/c11-5-1-2-10(14)8-6-7(13)3-4-9(8)12/h3-4,6H,1-2,5H2. The fraction of sp³-hybridized carbons (Fsp3) is 0.300. The number of benzene rings is 1. The lowest BCUT2D eigenvalue weighted by Crippen LogP contribution is -2.00. The molecule has 1 aromatic carbocycles. The Labute approximate surface area is 95.4 Å². The molecule has 0 fully saturated rings. The third-order valence-corrected chi connectivity index (χ3v) is 2.66. The van der Waals surface area contributed by atoms with Crippen LogP contribution >= 0.6 is 27.5 Å². The van der Waals surface area contributed by atoms with E-state index in [9.17, 15) is 9.18 Å². The summed E-state index contributed by atoms with van der Waals surface area (Å²) in [7, 11) is 0. The Morgan fingerprint density at radius 1 is 1.50 bits per heavy atom. The van der Waals surface area contributed by atoms with Gasteiger partial charge in [-0.3, -0.25) is 4.79 Å². The molecule has 0 heterocycles. The van der Waals surface area contributed by atoms with Crippen molar-refractivity contribution in [3.05, 3.63) is 34.6 Å². The minimum Gasteiger partial charge on any atom is -0.294 e. The molecule has 0 atom stereocenters. The lowest BCUT2D eigenvalue weighted by atomic mass is 10.1. The maximum Gasteiger partial charge on any atom is 0.164 e. The van der Waals surface area contributed by atoms with Gasteiger partial charge in [-0.15, -0.1) is 0 Å². The quantitative estimate of drug-likeness (QED) is 0.604. The van der Waals surface area contributed by atoms with Gasteiger partial charge in [0.1, 0.15) is 5.82 Å². The highest BCUT2D eigenvalue weighted by Crippen LogP contribution is 2.19. The predicted octanol–water partition coefficient (Wildman–Crippen LogP) is 3.84. The van der Waals surface area contributed by atoms with Crippen molar-refractivity contribution in [3.8, 4) is 0 Å². The molecule has 14 heavy (non-hydrogen) atoms. The summed E-state index contributed by atoms with van der Waals surface area (Å²) in [4.78, 5) is 11.5. The van der Waals surface area contributed by atoms with Crippen molar-refractivity contribution in [3.63, 3.8) is 0 Å². The van der Waals surface area contributed by atoms with Crippen LogP contribution in [0.25, 0.3) is 0 Å². The number of Topliss-reactive ketones (excluding diaryl/α,β-unsaturated/α-hetero) is 1. The number of halogens is 3. The molecule has 0 N–H and O–H groups in total. The maximum absolute atomic E-state index is 12.8. The van der Waals surface area contributed by atoms with Crippen LogP contribution in [-0.4, -0.2) is 11.1 Å². The molecule has 0 aliphatic rings. The zero-order valence-electron chi connectivity index (χ0n) is 7.40. The Hall–Kier alpha value is -0.410. The highest BCUT2D eigenvalue weighted by molar-refractivity contribution is 9.09. The Morgan fingerprint density at radius 2 is 2.21 bits per heavy atom. The van der Waals surface area contributed by atoms with E-state index >= 15 is 0 Å². The van der Waals surface area contributed by atoms with Crippen molar-refractivity contribution in [1.29, 1.82) is 0 Å². The summed E-state index contributed by atoms with van der Waals surface area (Å²) in [5.41, 5.74) is 0.271. The van der Waals surface area contributed by atoms with Crippen molar-refractivity contribution in [1.82, 2.24) is 0 Å². The molecule has 0 radical (unpaired) electrons. The van der Waals surface area contributed by atoms with Crippen molar-refractivity contribution in [2.24, 2.45) is 0 Å². The topological polar surface area (TPSA) is 17.1 Å². The second kappa shape index (κ2) is 5.47. The Balaban J connectivity index is 2.83. The Morgan fingerprint density at radius 3 is 2.86 bits per heavy atom. The number of hydrogen-bond acceptors (Lipinski definition) is 1. The zero-order valence-corrected chi connectivity index (χ0v) is 9.74. The predicted molar refractivity (Wildman–Crippen MR) is 58.8 cm³/mol. The summed E-state index contributed by atoms with van der Waals surface area (Å²) in [6.07, 6.45) is 1.11. The number of carbonyl (C=O) groups is 1. The van der Waals surface area contributed by atoms with Crippen LogP contribution in [0.15, 0.2) is 18.2 Å². The normalized spacial score (nSPS) is 10.2. The molecule has 0 bridgehead atoms. The summed E-state index contributed by atoms with van der Waals surface area (Å²) < 4.78 is 12.8. The van der Waals surface area contributed by atoms with Gasteiger partial charge in [0.25, 0.3) is 0 Å². The van der Waals surface area contributed by atoms with Gasteiger partial charge in [-0.1, -0.05) is 27.5 Å². The number of carbonyl (C=O) groups excluding carboxylic acids is 1. The second-order valence-corrected chi connectivity index (χ2v) is 4.04. The monoisotopic (exact) mass is 278 g/mol. The van der Waals surface area contributed by atoms with Crippen molar-refractivity contribution >= 4 is 33.3 Å². The first-order chi connectivity index (χ1) is 6.65. The van der Waals surface area contributed by atoms with E-state index < -0.39 is 5.82 Å². The molecule has 0 aliphatic carbocycles. The molecule has 76 valence electrons. The van der Waals surface area contributed by atoms with Crippen LogP contribution in [0.5, 0.6) is 0 Å². The smallest absolute Gasteiger partial charge is 0.164 e.